The monoisotopic (exact) mass is 528 g/mol. The molecule has 37 heavy (non-hydrogen) atoms. The summed E-state index contributed by atoms with van der Waals surface area (Å²) < 4.78 is 72.0. The van der Waals surface area contributed by atoms with Crippen LogP contribution in [0.3, 0.4) is 0 Å². The molecule has 2 aromatic carbocycles. The Morgan fingerprint density at radius 1 is 1.05 bits per heavy atom. The quantitative estimate of drug-likeness (QED) is 0.377. The second-order valence-electron chi connectivity index (χ2n) is 8.26. The van der Waals surface area contributed by atoms with Crippen LogP contribution in [-0.2, 0) is 19.5 Å². The van der Waals surface area contributed by atoms with Gasteiger partial charge in [0.25, 0.3) is 10.0 Å². The van der Waals surface area contributed by atoms with Crippen LogP contribution in [0.2, 0.25) is 0 Å². The van der Waals surface area contributed by atoms with Crippen molar-refractivity contribution in [1.82, 2.24) is 9.97 Å². The van der Waals surface area contributed by atoms with E-state index in [9.17, 15) is 17.2 Å². The molecule has 1 saturated heterocycles. The van der Waals surface area contributed by atoms with E-state index in [-0.39, 0.29) is 11.6 Å². The Labute approximate surface area is 211 Å². The molecule has 0 amide bonds. The normalized spacial score (nSPS) is 14.6. The van der Waals surface area contributed by atoms with Crippen molar-refractivity contribution in [3.63, 3.8) is 0 Å². The first-order valence-electron chi connectivity index (χ1n) is 11.2. The number of nitrogen functional groups attached to an aromatic ring is 1. The Bertz CT molecular complexity index is 1590. The molecule has 0 aliphatic carbocycles. The van der Waals surface area contributed by atoms with Crippen molar-refractivity contribution < 1.29 is 31.4 Å². The average molecular weight is 529 g/mol. The largest absolute Gasteiger partial charge is 0.480 e. The summed E-state index contributed by atoms with van der Waals surface area (Å²) in [4.78, 5) is 7.94. The van der Waals surface area contributed by atoms with Crippen LogP contribution in [0.25, 0.3) is 22.0 Å². The first-order valence-corrected chi connectivity index (χ1v) is 12.7. The molecule has 3 N–H and O–H groups in total. The maximum atomic E-state index is 14.2. The van der Waals surface area contributed by atoms with E-state index in [2.05, 4.69) is 14.7 Å². The number of hydrogen-bond donors (Lipinski definition) is 2. The third-order valence-electron chi connectivity index (χ3n) is 5.76. The molecule has 1 aliphatic rings. The molecule has 4 aromatic rings. The predicted octanol–water partition coefficient (Wildman–Crippen LogP) is 4.40. The van der Waals surface area contributed by atoms with E-state index in [1.807, 2.05) is 12.1 Å². The van der Waals surface area contributed by atoms with Crippen LogP contribution < -0.4 is 15.2 Å². The van der Waals surface area contributed by atoms with E-state index in [1.54, 1.807) is 12.1 Å². The number of nitrogens with one attached hydrogen (secondary N) is 1. The number of methoxy groups -OCH3 is 1. The first-order chi connectivity index (χ1) is 17.7. The minimum atomic E-state index is -4.41. The molecule has 9 nitrogen and oxygen atoms in total. The highest BCUT2D eigenvalue weighted by Gasteiger charge is 2.23. The Balaban J connectivity index is 1.52. The van der Waals surface area contributed by atoms with Gasteiger partial charge in [0, 0.05) is 23.2 Å². The third-order valence-corrected chi connectivity index (χ3v) is 7.16. The van der Waals surface area contributed by atoms with Crippen molar-refractivity contribution in [2.75, 3.05) is 30.8 Å². The van der Waals surface area contributed by atoms with Crippen LogP contribution in [0.5, 0.6) is 5.88 Å². The van der Waals surface area contributed by atoms with E-state index in [0.717, 1.165) is 23.9 Å². The van der Waals surface area contributed by atoms with Gasteiger partial charge in [0.2, 0.25) is 5.88 Å². The number of nitrogens with two attached hydrogens (primary N) is 1. The van der Waals surface area contributed by atoms with E-state index in [0.29, 0.717) is 47.3 Å². The maximum Gasteiger partial charge on any atom is 0.264 e. The molecule has 0 atom stereocenters. The summed E-state index contributed by atoms with van der Waals surface area (Å²) in [5.41, 5.74) is 8.62. The summed E-state index contributed by atoms with van der Waals surface area (Å²) in [6.45, 7) is 1.11. The van der Waals surface area contributed by atoms with Crippen LogP contribution in [-0.4, -0.2) is 38.7 Å². The molecule has 192 valence electrons. The zero-order valence-corrected chi connectivity index (χ0v) is 20.4. The number of fused-ring (bicyclic) bond motifs is 1. The fraction of sp³-hybridized carbons (Fsp3) is 0.200. The van der Waals surface area contributed by atoms with Crippen LogP contribution in [0.1, 0.15) is 18.3 Å². The molecular weight excluding hydrogens is 506 g/mol. The number of aromatic nitrogens is 2. The Morgan fingerprint density at radius 2 is 1.84 bits per heavy atom. The summed E-state index contributed by atoms with van der Waals surface area (Å²) in [6.07, 6.45) is 1.70. The summed E-state index contributed by atoms with van der Waals surface area (Å²) >= 11 is 0. The summed E-state index contributed by atoms with van der Waals surface area (Å²) in [7, 11) is -3.09. The van der Waals surface area contributed by atoms with Crippen molar-refractivity contribution in [3.8, 4) is 17.0 Å². The number of nitrogens with zero attached hydrogens (tertiary/aromatic N) is 2. The molecule has 2 aromatic heterocycles. The SMILES string of the molecule is COc1ncc(-c2ccc3nc(N)c(C4OCCCO4)cc3c2)cc1NS(=O)(=O)c1ccc(F)cc1F. The van der Waals surface area contributed by atoms with Gasteiger partial charge in [0.05, 0.1) is 31.4 Å². The highest BCUT2D eigenvalue weighted by Crippen LogP contribution is 2.34. The highest BCUT2D eigenvalue weighted by molar-refractivity contribution is 7.92. The maximum absolute atomic E-state index is 14.2. The van der Waals surface area contributed by atoms with Gasteiger partial charge in [-0.05, 0) is 48.4 Å². The molecular formula is C25H22F2N4O5S. The minimum absolute atomic E-state index is 0.0241. The Hall–Kier alpha value is -3.87. The highest BCUT2D eigenvalue weighted by atomic mass is 32.2. The topological polar surface area (TPSA) is 126 Å². The number of anilines is 2. The lowest BCUT2D eigenvalue weighted by molar-refractivity contribution is -0.182. The number of sulfonamides is 1. The van der Waals surface area contributed by atoms with Crippen LogP contribution in [0, 0.1) is 11.6 Å². The summed E-state index contributed by atoms with van der Waals surface area (Å²) in [5.74, 6) is -1.84. The van der Waals surface area contributed by atoms with Crippen molar-refractivity contribution in [2.24, 2.45) is 0 Å². The fourth-order valence-electron chi connectivity index (χ4n) is 3.98. The smallest absolute Gasteiger partial charge is 0.264 e. The standard InChI is InChI=1S/C25H22F2N4O5S/c1-34-24-21(31-37(32,33)22-6-4-17(26)12-19(22)27)11-16(13-29-24)14-3-5-20-15(9-14)10-18(23(28)30-20)25-35-7-2-8-36-25/h3-6,9-13,25,31H,2,7-8H2,1H3,(H2,28,30). The lowest BCUT2D eigenvalue weighted by Gasteiger charge is -2.24. The second-order valence-corrected chi connectivity index (χ2v) is 9.91. The number of rotatable bonds is 6. The molecule has 0 unspecified atom stereocenters. The zero-order valence-electron chi connectivity index (χ0n) is 19.6. The van der Waals surface area contributed by atoms with E-state index in [1.165, 1.54) is 19.4 Å². The van der Waals surface area contributed by atoms with Gasteiger partial charge in [-0.2, -0.15) is 0 Å². The molecule has 5 rings (SSSR count). The van der Waals surface area contributed by atoms with Gasteiger partial charge in [-0.25, -0.2) is 27.2 Å². The van der Waals surface area contributed by atoms with Gasteiger partial charge in [0.1, 0.15) is 28.0 Å². The number of hydrogen-bond acceptors (Lipinski definition) is 8. The number of benzene rings is 2. The Morgan fingerprint density at radius 3 is 2.57 bits per heavy atom. The summed E-state index contributed by atoms with van der Waals surface area (Å²) in [6, 6.07) is 10.9. The van der Waals surface area contributed by atoms with E-state index < -0.39 is 32.8 Å². The molecule has 1 fully saturated rings. The molecule has 3 heterocycles. The van der Waals surface area contributed by atoms with Gasteiger partial charge in [-0.15, -0.1) is 0 Å². The zero-order chi connectivity index (χ0) is 26.2. The molecule has 0 bridgehead atoms. The van der Waals surface area contributed by atoms with E-state index in [4.69, 9.17) is 19.9 Å². The van der Waals surface area contributed by atoms with Crippen LogP contribution in [0.4, 0.5) is 20.3 Å². The molecule has 0 saturated carbocycles. The van der Waals surface area contributed by atoms with Crippen LogP contribution >= 0.6 is 0 Å². The van der Waals surface area contributed by atoms with Gasteiger partial charge < -0.3 is 19.9 Å². The van der Waals surface area contributed by atoms with Gasteiger partial charge in [-0.1, -0.05) is 6.07 Å². The lowest BCUT2D eigenvalue weighted by atomic mass is 10.0. The molecule has 1 aliphatic heterocycles. The summed E-state index contributed by atoms with van der Waals surface area (Å²) in [5, 5.41) is 0.755. The number of pyridine rings is 2. The first kappa shape index (κ1) is 24.8. The van der Waals surface area contributed by atoms with Crippen molar-refractivity contribution in [3.05, 3.63) is 71.9 Å². The van der Waals surface area contributed by atoms with Crippen molar-refractivity contribution in [1.29, 1.82) is 0 Å². The fourth-order valence-corrected chi connectivity index (χ4v) is 5.09. The average Bonchev–Trinajstić information content (AvgIpc) is 2.88. The molecule has 12 heteroatoms. The number of ether oxygens (including phenoxy) is 3. The second kappa shape index (κ2) is 9.88. The van der Waals surface area contributed by atoms with Crippen molar-refractivity contribution >= 4 is 32.4 Å². The lowest BCUT2D eigenvalue weighted by Crippen LogP contribution is -2.19. The van der Waals surface area contributed by atoms with Crippen LogP contribution in [0.15, 0.2) is 59.6 Å². The van der Waals surface area contributed by atoms with Gasteiger partial charge in [-0.3, -0.25) is 4.72 Å². The van der Waals surface area contributed by atoms with Gasteiger partial charge >= 0.3 is 0 Å². The minimum Gasteiger partial charge on any atom is -0.480 e. The Kier molecular flexibility index (Phi) is 6.63. The third kappa shape index (κ3) is 5.03. The molecule has 0 radical (unpaired) electrons. The predicted molar refractivity (Wildman–Crippen MR) is 132 cm³/mol. The van der Waals surface area contributed by atoms with Crippen molar-refractivity contribution in [2.45, 2.75) is 17.6 Å². The van der Waals surface area contributed by atoms with Gasteiger partial charge in [0.15, 0.2) is 6.29 Å². The molecule has 0 spiro atoms. The van der Waals surface area contributed by atoms with E-state index >= 15 is 0 Å². The number of halogens is 2.